The minimum Gasteiger partial charge on any atom is -0.348 e. The molecule has 1 aliphatic rings. The molecule has 5 nitrogen and oxygen atoms in total. The number of carbonyl (C=O) groups is 2. The number of hydrogen-bond acceptors (Lipinski definition) is 2. The van der Waals surface area contributed by atoms with Gasteiger partial charge in [-0.25, -0.2) is 0 Å². The van der Waals surface area contributed by atoms with Crippen LogP contribution in [0.5, 0.6) is 0 Å². The first-order valence-corrected chi connectivity index (χ1v) is 9.83. The molecule has 1 unspecified atom stereocenters. The largest absolute Gasteiger partial charge is 0.348 e. The Kier molecular flexibility index (Phi) is 7.47. The molecule has 0 spiro atoms. The number of quaternary nitrogens is 1. The highest BCUT2D eigenvalue weighted by Crippen LogP contribution is 2.29. The maximum Gasteiger partial charge on any atom is 0.279 e. The van der Waals surface area contributed by atoms with Crippen LogP contribution < -0.4 is 15.5 Å². The van der Waals surface area contributed by atoms with Crippen molar-refractivity contribution >= 4 is 29.1 Å². The standard InChI is InChI=1S/C20H30ClN3O2/c1-13-6-5-7-18(14(13)2)23-20(26)15(3)24(4)12-19(25)22-17-10-8-16(21)9-11-17/h8-11,13-15,18H,5-7,12H2,1-4H3,(H,22,25)(H,23,26)/p+1/t13-,14-,15-,18+/m1/s1. The van der Waals surface area contributed by atoms with Crippen molar-refractivity contribution < 1.29 is 14.5 Å². The van der Waals surface area contributed by atoms with Crippen LogP contribution in [0.25, 0.3) is 0 Å². The van der Waals surface area contributed by atoms with E-state index in [2.05, 4.69) is 24.5 Å². The third-order valence-electron chi connectivity index (χ3n) is 5.73. The van der Waals surface area contributed by atoms with Crippen molar-refractivity contribution in [3.63, 3.8) is 0 Å². The predicted molar refractivity (Wildman–Crippen MR) is 105 cm³/mol. The molecule has 1 saturated carbocycles. The van der Waals surface area contributed by atoms with E-state index in [9.17, 15) is 9.59 Å². The van der Waals surface area contributed by atoms with Gasteiger partial charge in [-0.2, -0.15) is 0 Å². The van der Waals surface area contributed by atoms with E-state index in [1.165, 1.54) is 6.42 Å². The molecule has 26 heavy (non-hydrogen) atoms. The van der Waals surface area contributed by atoms with E-state index in [4.69, 9.17) is 11.6 Å². The van der Waals surface area contributed by atoms with Gasteiger partial charge in [-0.3, -0.25) is 9.59 Å². The second-order valence-corrected chi connectivity index (χ2v) is 8.12. The summed E-state index contributed by atoms with van der Waals surface area (Å²) in [5, 5.41) is 6.67. The Balaban J connectivity index is 1.83. The van der Waals surface area contributed by atoms with E-state index in [-0.39, 0.29) is 30.4 Å². The summed E-state index contributed by atoms with van der Waals surface area (Å²) in [5.41, 5.74) is 0.703. The van der Waals surface area contributed by atoms with Gasteiger partial charge in [-0.15, -0.1) is 0 Å². The summed E-state index contributed by atoms with van der Waals surface area (Å²) >= 11 is 5.85. The van der Waals surface area contributed by atoms with Crippen LogP contribution in [0.2, 0.25) is 5.02 Å². The van der Waals surface area contributed by atoms with E-state index in [0.717, 1.165) is 17.7 Å². The van der Waals surface area contributed by atoms with Gasteiger partial charge in [-0.05, 0) is 49.4 Å². The molecule has 0 aliphatic heterocycles. The molecule has 1 aromatic carbocycles. The highest BCUT2D eigenvalue weighted by Gasteiger charge is 2.31. The number of hydrogen-bond donors (Lipinski definition) is 3. The summed E-state index contributed by atoms with van der Waals surface area (Å²) in [6.45, 7) is 6.57. The van der Waals surface area contributed by atoms with Crippen LogP contribution in [-0.2, 0) is 9.59 Å². The molecular formula is C20H31ClN3O2+. The molecule has 0 bridgehead atoms. The lowest BCUT2D eigenvalue weighted by atomic mass is 9.78. The minimum atomic E-state index is -0.282. The zero-order valence-corrected chi connectivity index (χ0v) is 16.9. The predicted octanol–water partition coefficient (Wildman–Crippen LogP) is 2.12. The third kappa shape index (κ3) is 5.71. The zero-order valence-electron chi connectivity index (χ0n) is 16.1. The molecule has 0 radical (unpaired) electrons. The van der Waals surface area contributed by atoms with Crippen molar-refractivity contribution in [2.45, 2.75) is 52.1 Å². The number of benzene rings is 1. The highest BCUT2D eigenvalue weighted by atomic mass is 35.5. The maximum atomic E-state index is 12.6. The van der Waals surface area contributed by atoms with Crippen LogP contribution in [0, 0.1) is 11.8 Å². The Morgan fingerprint density at radius 3 is 2.54 bits per heavy atom. The second kappa shape index (κ2) is 9.38. The number of anilines is 1. The van der Waals surface area contributed by atoms with Crippen molar-refractivity contribution in [2.24, 2.45) is 11.8 Å². The number of halogens is 1. The number of rotatable bonds is 6. The molecule has 0 aromatic heterocycles. The fourth-order valence-corrected chi connectivity index (χ4v) is 3.59. The Bertz CT molecular complexity index is 620. The monoisotopic (exact) mass is 380 g/mol. The molecule has 144 valence electrons. The maximum absolute atomic E-state index is 12.6. The molecule has 1 fully saturated rings. The summed E-state index contributed by atoms with van der Waals surface area (Å²) < 4.78 is 0. The summed E-state index contributed by atoms with van der Waals surface area (Å²) in [6.07, 6.45) is 3.44. The summed E-state index contributed by atoms with van der Waals surface area (Å²) in [7, 11) is 1.87. The smallest absolute Gasteiger partial charge is 0.279 e. The molecular weight excluding hydrogens is 350 g/mol. The second-order valence-electron chi connectivity index (χ2n) is 7.68. The van der Waals surface area contributed by atoms with Crippen LogP contribution in [0.1, 0.15) is 40.0 Å². The first-order chi connectivity index (χ1) is 12.3. The summed E-state index contributed by atoms with van der Waals surface area (Å²) in [6, 6.07) is 6.95. The lowest BCUT2D eigenvalue weighted by Crippen LogP contribution is -3.15. The quantitative estimate of drug-likeness (QED) is 0.707. The SMILES string of the molecule is C[C@@H]1[C@H](C)CCC[C@@H]1NC(=O)[C@@H](C)[NH+](C)CC(=O)Nc1ccc(Cl)cc1. The Morgan fingerprint density at radius 2 is 1.88 bits per heavy atom. The van der Waals surface area contributed by atoms with Crippen LogP contribution >= 0.6 is 11.6 Å². The van der Waals surface area contributed by atoms with Gasteiger partial charge >= 0.3 is 0 Å². The first kappa shape index (κ1) is 20.7. The number of nitrogens with one attached hydrogen (secondary N) is 3. The average molecular weight is 381 g/mol. The molecule has 5 atom stereocenters. The summed E-state index contributed by atoms with van der Waals surface area (Å²) in [5.74, 6) is 1.03. The van der Waals surface area contributed by atoms with Crippen molar-refractivity contribution in [2.75, 3.05) is 18.9 Å². The Labute approximate surface area is 161 Å². The highest BCUT2D eigenvalue weighted by molar-refractivity contribution is 6.30. The number of amides is 2. The van der Waals surface area contributed by atoms with Crippen molar-refractivity contribution in [3.05, 3.63) is 29.3 Å². The van der Waals surface area contributed by atoms with Crippen molar-refractivity contribution in [3.8, 4) is 0 Å². The molecule has 2 rings (SSSR count). The van der Waals surface area contributed by atoms with Gasteiger partial charge in [0.2, 0.25) is 0 Å². The van der Waals surface area contributed by atoms with Gasteiger partial charge in [0.15, 0.2) is 12.6 Å². The zero-order chi connectivity index (χ0) is 19.3. The molecule has 1 aromatic rings. The summed E-state index contributed by atoms with van der Waals surface area (Å²) in [4.78, 5) is 25.7. The molecule has 2 amide bonds. The normalized spacial score (nSPS) is 25.2. The van der Waals surface area contributed by atoms with Crippen LogP contribution in [-0.4, -0.2) is 37.5 Å². The van der Waals surface area contributed by atoms with E-state index < -0.39 is 0 Å². The van der Waals surface area contributed by atoms with Crippen molar-refractivity contribution in [1.82, 2.24) is 5.32 Å². The molecule has 0 heterocycles. The topological polar surface area (TPSA) is 62.6 Å². The lowest BCUT2D eigenvalue weighted by Gasteiger charge is -2.35. The van der Waals surface area contributed by atoms with E-state index in [1.807, 2.05) is 14.0 Å². The number of carbonyl (C=O) groups excluding carboxylic acids is 2. The number of likely N-dealkylation sites (N-methyl/N-ethyl adjacent to an activating group) is 1. The van der Waals surface area contributed by atoms with Crippen LogP contribution in [0.3, 0.4) is 0 Å². The van der Waals surface area contributed by atoms with Gasteiger partial charge in [-0.1, -0.05) is 38.3 Å². The van der Waals surface area contributed by atoms with Gasteiger partial charge in [0.25, 0.3) is 11.8 Å². The Morgan fingerprint density at radius 1 is 1.23 bits per heavy atom. The van der Waals surface area contributed by atoms with Gasteiger partial charge in [0, 0.05) is 16.8 Å². The first-order valence-electron chi connectivity index (χ1n) is 9.46. The lowest BCUT2D eigenvalue weighted by molar-refractivity contribution is -0.885. The van der Waals surface area contributed by atoms with E-state index >= 15 is 0 Å². The molecule has 6 heteroatoms. The fourth-order valence-electron chi connectivity index (χ4n) is 3.46. The van der Waals surface area contributed by atoms with Gasteiger partial charge in [0.1, 0.15) is 0 Å². The third-order valence-corrected chi connectivity index (χ3v) is 5.99. The van der Waals surface area contributed by atoms with Gasteiger partial charge in [0.05, 0.1) is 7.05 Å². The van der Waals surface area contributed by atoms with E-state index in [0.29, 0.717) is 22.5 Å². The average Bonchev–Trinajstić information content (AvgIpc) is 2.60. The molecule has 3 N–H and O–H groups in total. The van der Waals surface area contributed by atoms with Crippen LogP contribution in [0.4, 0.5) is 5.69 Å². The van der Waals surface area contributed by atoms with E-state index in [1.54, 1.807) is 24.3 Å². The fraction of sp³-hybridized carbons (Fsp3) is 0.600. The van der Waals surface area contributed by atoms with Gasteiger partial charge < -0.3 is 15.5 Å². The molecule has 1 aliphatic carbocycles. The molecule has 0 saturated heterocycles. The van der Waals surface area contributed by atoms with Crippen LogP contribution in [0.15, 0.2) is 24.3 Å². The Hall–Kier alpha value is -1.59. The van der Waals surface area contributed by atoms with Crippen molar-refractivity contribution in [1.29, 1.82) is 0 Å². The minimum absolute atomic E-state index is 0.0211.